The van der Waals surface area contributed by atoms with Crippen LogP contribution < -0.4 is 0 Å². The molecule has 0 bridgehead atoms. The van der Waals surface area contributed by atoms with Crippen LogP contribution in [0, 0.1) is 0 Å². The zero-order valence-corrected chi connectivity index (χ0v) is 7.68. The van der Waals surface area contributed by atoms with Gasteiger partial charge < -0.3 is 9.80 Å². The molecule has 0 aromatic heterocycles. The molecule has 0 aliphatic carbocycles. The molecule has 1 saturated heterocycles. The number of hydrogen-bond acceptors (Lipinski definition) is 2. The number of amides is 1. The zero-order valence-electron chi connectivity index (χ0n) is 6.79. The van der Waals surface area contributed by atoms with Gasteiger partial charge in [0.2, 0.25) is 0 Å². The molecule has 0 N–H and O–H groups in total. The summed E-state index contributed by atoms with van der Waals surface area (Å²) >= 11 is 3.77. The van der Waals surface area contributed by atoms with Gasteiger partial charge in [0.1, 0.15) is 0 Å². The molecule has 0 spiro atoms. The lowest BCUT2D eigenvalue weighted by Crippen LogP contribution is -2.46. The van der Waals surface area contributed by atoms with Crippen LogP contribution in [-0.4, -0.2) is 47.8 Å². The Kier molecular flexibility index (Phi) is 3.20. The van der Waals surface area contributed by atoms with Gasteiger partial charge in [-0.05, 0) is 6.54 Å². The molecule has 3 nitrogen and oxygen atoms in total. The highest BCUT2D eigenvalue weighted by Crippen LogP contribution is 2.03. The molecule has 64 valence electrons. The lowest BCUT2D eigenvalue weighted by Gasteiger charge is -2.32. The van der Waals surface area contributed by atoms with E-state index in [4.69, 9.17) is 0 Å². The molecule has 0 atom stereocenters. The van der Waals surface area contributed by atoms with Crippen molar-refractivity contribution in [1.29, 1.82) is 0 Å². The number of likely N-dealkylation sites (N-methyl/N-ethyl adjacent to an activating group) is 1. The number of carbonyl (C=O) groups is 1. The highest BCUT2D eigenvalue weighted by Gasteiger charge is 2.16. The van der Waals surface area contributed by atoms with Gasteiger partial charge in [0, 0.05) is 26.2 Å². The van der Waals surface area contributed by atoms with Crippen molar-refractivity contribution in [1.82, 2.24) is 9.80 Å². The van der Waals surface area contributed by atoms with E-state index in [-0.39, 0.29) is 5.24 Å². The van der Waals surface area contributed by atoms with Crippen molar-refractivity contribution in [3.05, 3.63) is 0 Å². The van der Waals surface area contributed by atoms with E-state index in [0.29, 0.717) is 0 Å². The maximum Gasteiger partial charge on any atom is 0.278 e. The number of hydrogen-bond donors (Lipinski definition) is 1. The highest BCUT2D eigenvalue weighted by molar-refractivity contribution is 7.96. The average Bonchev–Trinajstić information content (AvgIpc) is 2.05. The SMILES string of the molecule is CCN1CCN(C(=O)S)CC1. The van der Waals surface area contributed by atoms with Crippen LogP contribution in [0.4, 0.5) is 4.79 Å². The molecule has 0 unspecified atom stereocenters. The van der Waals surface area contributed by atoms with Gasteiger partial charge >= 0.3 is 0 Å². The number of carbonyl (C=O) groups excluding carboxylic acids is 1. The molecule has 0 aromatic rings. The minimum absolute atomic E-state index is 0.0965. The van der Waals surface area contributed by atoms with Gasteiger partial charge in [-0.15, -0.1) is 0 Å². The van der Waals surface area contributed by atoms with E-state index in [1.807, 2.05) is 0 Å². The molecular formula is C7H14N2OS. The van der Waals surface area contributed by atoms with Gasteiger partial charge in [-0.3, -0.25) is 4.79 Å². The molecule has 1 amide bonds. The van der Waals surface area contributed by atoms with Crippen molar-refractivity contribution < 1.29 is 4.79 Å². The van der Waals surface area contributed by atoms with Crippen LogP contribution in [0.15, 0.2) is 0 Å². The first kappa shape index (κ1) is 8.87. The number of thiol groups is 1. The summed E-state index contributed by atoms with van der Waals surface area (Å²) in [6, 6.07) is 0. The number of nitrogens with zero attached hydrogens (tertiary/aromatic N) is 2. The normalized spacial score (nSPS) is 20.4. The first-order chi connectivity index (χ1) is 5.24. The second kappa shape index (κ2) is 3.97. The molecule has 4 heteroatoms. The number of piperazine rings is 1. The molecule has 1 aliphatic rings. The Morgan fingerprint density at radius 2 is 1.91 bits per heavy atom. The van der Waals surface area contributed by atoms with Crippen LogP contribution in [0.3, 0.4) is 0 Å². The van der Waals surface area contributed by atoms with Crippen molar-refractivity contribution in [2.75, 3.05) is 32.7 Å². The second-order valence-corrected chi connectivity index (χ2v) is 3.09. The minimum atomic E-state index is -0.0965. The fourth-order valence-corrected chi connectivity index (χ4v) is 1.46. The Labute approximate surface area is 72.8 Å². The number of rotatable bonds is 1. The van der Waals surface area contributed by atoms with Crippen molar-refractivity contribution in [3.8, 4) is 0 Å². The van der Waals surface area contributed by atoms with E-state index in [2.05, 4.69) is 24.5 Å². The lowest BCUT2D eigenvalue weighted by molar-refractivity contribution is 0.159. The third kappa shape index (κ3) is 2.38. The molecule has 1 rings (SSSR count). The van der Waals surface area contributed by atoms with Crippen molar-refractivity contribution in [2.45, 2.75) is 6.92 Å². The molecule has 0 radical (unpaired) electrons. The van der Waals surface area contributed by atoms with E-state index in [9.17, 15) is 4.79 Å². The fraction of sp³-hybridized carbons (Fsp3) is 0.857. The van der Waals surface area contributed by atoms with Crippen LogP contribution in [0.1, 0.15) is 6.92 Å². The van der Waals surface area contributed by atoms with Crippen LogP contribution in [0.5, 0.6) is 0 Å². The van der Waals surface area contributed by atoms with Crippen molar-refractivity contribution in [2.24, 2.45) is 0 Å². The summed E-state index contributed by atoms with van der Waals surface area (Å²) < 4.78 is 0. The predicted molar refractivity (Wildman–Crippen MR) is 48.1 cm³/mol. The monoisotopic (exact) mass is 174 g/mol. The van der Waals surface area contributed by atoms with E-state index >= 15 is 0 Å². The predicted octanol–water partition coefficient (Wildman–Crippen LogP) is 0.674. The third-order valence-corrected chi connectivity index (χ3v) is 2.37. The summed E-state index contributed by atoms with van der Waals surface area (Å²) in [5.74, 6) is 0. The zero-order chi connectivity index (χ0) is 8.27. The highest BCUT2D eigenvalue weighted by atomic mass is 32.1. The fourth-order valence-electron chi connectivity index (χ4n) is 1.26. The maximum absolute atomic E-state index is 10.8. The van der Waals surface area contributed by atoms with Gasteiger partial charge in [-0.2, -0.15) is 0 Å². The molecule has 0 aromatic carbocycles. The standard InChI is InChI=1S/C7H14N2OS/c1-2-8-3-5-9(6-4-8)7(10)11/h2-6H2,1H3,(H,10,11). The van der Waals surface area contributed by atoms with Crippen LogP contribution in [0.25, 0.3) is 0 Å². The topological polar surface area (TPSA) is 23.6 Å². The molecule has 11 heavy (non-hydrogen) atoms. The minimum Gasteiger partial charge on any atom is -0.331 e. The maximum atomic E-state index is 10.8. The molecular weight excluding hydrogens is 160 g/mol. The van der Waals surface area contributed by atoms with E-state index < -0.39 is 0 Å². The summed E-state index contributed by atoms with van der Waals surface area (Å²) in [7, 11) is 0. The van der Waals surface area contributed by atoms with Crippen LogP contribution in [0.2, 0.25) is 0 Å². The van der Waals surface area contributed by atoms with E-state index in [0.717, 1.165) is 32.7 Å². The third-order valence-electron chi connectivity index (χ3n) is 2.09. The lowest BCUT2D eigenvalue weighted by atomic mass is 10.3. The van der Waals surface area contributed by atoms with Crippen LogP contribution >= 0.6 is 12.6 Å². The van der Waals surface area contributed by atoms with Gasteiger partial charge in [-0.1, -0.05) is 19.6 Å². The molecule has 1 heterocycles. The Hall–Kier alpha value is -0.220. The van der Waals surface area contributed by atoms with Crippen LogP contribution in [-0.2, 0) is 0 Å². The Balaban J connectivity index is 2.30. The first-order valence-electron chi connectivity index (χ1n) is 3.94. The summed E-state index contributed by atoms with van der Waals surface area (Å²) in [4.78, 5) is 14.9. The molecule has 1 fully saturated rings. The van der Waals surface area contributed by atoms with Crippen molar-refractivity contribution >= 4 is 17.9 Å². The van der Waals surface area contributed by atoms with Gasteiger partial charge in [0.05, 0.1) is 0 Å². The quantitative estimate of drug-likeness (QED) is 0.591. The summed E-state index contributed by atoms with van der Waals surface area (Å²) in [6.07, 6.45) is 0. The molecule has 1 aliphatic heterocycles. The van der Waals surface area contributed by atoms with Gasteiger partial charge in [-0.25, -0.2) is 0 Å². The Morgan fingerprint density at radius 1 is 1.36 bits per heavy atom. The summed E-state index contributed by atoms with van der Waals surface area (Å²) in [5.41, 5.74) is 0. The van der Waals surface area contributed by atoms with E-state index in [1.165, 1.54) is 0 Å². The first-order valence-corrected chi connectivity index (χ1v) is 4.39. The second-order valence-electron chi connectivity index (χ2n) is 2.70. The average molecular weight is 174 g/mol. The van der Waals surface area contributed by atoms with Crippen molar-refractivity contribution in [3.63, 3.8) is 0 Å². The largest absolute Gasteiger partial charge is 0.331 e. The van der Waals surface area contributed by atoms with E-state index in [1.54, 1.807) is 4.90 Å². The van der Waals surface area contributed by atoms with Gasteiger partial charge in [0.25, 0.3) is 5.24 Å². The van der Waals surface area contributed by atoms with Gasteiger partial charge in [0.15, 0.2) is 0 Å². The smallest absolute Gasteiger partial charge is 0.278 e. The summed E-state index contributed by atoms with van der Waals surface area (Å²) in [5, 5.41) is -0.0965. The Morgan fingerprint density at radius 3 is 2.27 bits per heavy atom. The Bertz CT molecular complexity index is 143. The summed E-state index contributed by atoms with van der Waals surface area (Å²) in [6.45, 7) is 6.85. The molecule has 0 saturated carbocycles.